The first-order chi connectivity index (χ1) is 9.84. The Morgan fingerprint density at radius 3 is 2.33 bits per heavy atom. The van der Waals surface area contributed by atoms with Crippen molar-refractivity contribution >= 4 is 33.2 Å². The van der Waals surface area contributed by atoms with Gasteiger partial charge >= 0.3 is 0 Å². The standard InChI is InChI=1S/C14H21ClN2O3S/c1-11(2)16-14(18)12-5-7-13(8-6-12)17-21(19,20)10-4-3-9-15/h5-8,11,17H,3-4,9-10H2,1-2H3,(H,16,18). The van der Waals surface area contributed by atoms with Crippen molar-refractivity contribution in [2.75, 3.05) is 16.4 Å². The second-order valence-corrected chi connectivity index (χ2v) is 7.24. The molecule has 1 aromatic rings. The van der Waals surface area contributed by atoms with E-state index in [4.69, 9.17) is 11.6 Å². The first-order valence-electron chi connectivity index (χ1n) is 6.81. The second-order valence-electron chi connectivity index (χ2n) is 5.02. The van der Waals surface area contributed by atoms with E-state index in [2.05, 4.69) is 10.0 Å². The predicted octanol–water partition coefficient (Wildman–Crippen LogP) is 2.59. The molecular formula is C14H21ClN2O3S. The van der Waals surface area contributed by atoms with Gasteiger partial charge in [-0.3, -0.25) is 9.52 Å². The lowest BCUT2D eigenvalue weighted by Gasteiger charge is -2.10. The van der Waals surface area contributed by atoms with Crippen LogP contribution in [0.1, 0.15) is 37.0 Å². The number of benzene rings is 1. The molecule has 1 amide bonds. The Morgan fingerprint density at radius 1 is 1.19 bits per heavy atom. The Morgan fingerprint density at radius 2 is 1.81 bits per heavy atom. The molecule has 0 radical (unpaired) electrons. The summed E-state index contributed by atoms with van der Waals surface area (Å²) in [5.74, 6) is 0.311. The van der Waals surface area contributed by atoms with Crippen LogP contribution in [0.5, 0.6) is 0 Å². The molecule has 0 heterocycles. The number of hydrogen-bond donors (Lipinski definition) is 2. The van der Waals surface area contributed by atoms with Gasteiger partial charge in [-0.15, -0.1) is 11.6 Å². The van der Waals surface area contributed by atoms with Crippen molar-refractivity contribution < 1.29 is 13.2 Å². The molecule has 5 nitrogen and oxygen atoms in total. The zero-order chi connectivity index (χ0) is 15.9. The normalized spacial score (nSPS) is 11.4. The van der Waals surface area contributed by atoms with E-state index >= 15 is 0 Å². The summed E-state index contributed by atoms with van der Waals surface area (Å²) in [7, 11) is -3.37. The number of nitrogens with one attached hydrogen (secondary N) is 2. The molecule has 21 heavy (non-hydrogen) atoms. The van der Waals surface area contributed by atoms with Gasteiger partial charge in [0.05, 0.1) is 5.75 Å². The van der Waals surface area contributed by atoms with Crippen LogP contribution < -0.4 is 10.0 Å². The van der Waals surface area contributed by atoms with Gasteiger partial charge in [0.15, 0.2) is 0 Å². The van der Waals surface area contributed by atoms with Crippen molar-refractivity contribution in [3.05, 3.63) is 29.8 Å². The summed E-state index contributed by atoms with van der Waals surface area (Å²) >= 11 is 5.52. The van der Waals surface area contributed by atoms with E-state index in [1.54, 1.807) is 24.3 Å². The molecule has 2 N–H and O–H groups in total. The molecule has 0 aliphatic carbocycles. The van der Waals surface area contributed by atoms with Gasteiger partial charge in [0, 0.05) is 23.2 Å². The Balaban J connectivity index is 2.64. The summed E-state index contributed by atoms with van der Waals surface area (Å²) < 4.78 is 26.1. The van der Waals surface area contributed by atoms with Crippen molar-refractivity contribution in [1.82, 2.24) is 5.32 Å². The molecule has 0 bridgehead atoms. The summed E-state index contributed by atoms with van der Waals surface area (Å²) in [4.78, 5) is 11.8. The lowest BCUT2D eigenvalue weighted by Crippen LogP contribution is -2.30. The molecule has 0 unspecified atom stereocenters. The lowest BCUT2D eigenvalue weighted by molar-refractivity contribution is 0.0943. The third-order valence-electron chi connectivity index (χ3n) is 2.64. The number of hydrogen-bond acceptors (Lipinski definition) is 3. The Labute approximate surface area is 131 Å². The molecule has 118 valence electrons. The molecular weight excluding hydrogens is 312 g/mol. The van der Waals surface area contributed by atoms with Gasteiger partial charge in [-0.1, -0.05) is 0 Å². The van der Waals surface area contributed by atoms with Gasteiger partial charge in [-0.05, 0) is 51.0 Å². The van der Waals surface area contributed by atoms with E-state index in [0.29, 0.717) is 30.0 Å². The highest BCUT2D eigenvalue weighted by molar-refractivity contribution is 7.92. The highest BCUT2D eigenvalue weighted by Gasteiger charge is 2.11. The molecule has 0 atom stereocenters. The molecule has 0 saturated carbocycles. The SMILES string of the molecule is CC(C)NC(=O)c1ccc(NS(=O)(=O)CCCCCl)cc1. The van der Waals surface area contributed by atoms with Crippen LogP contribution in [0.15, 0.2) is 24.3 Å². The van der Waals surface area contributed by atoms with Crippen LogP contribution in [-0.2, 0) is 10.0 Å². The minimum absolute atomic E-state index is 0.0370. The molecule has 0 spiro atoms. The minimum atomic E-state index is -3.37. The summed E-state index contributed by atoms with van der Waals surface area (Å²) in [5.41, 5.74) is 0.941. The Kier molecular flexibility index (Phi) is 6.98. The lowest BCUT2D eigenvalue weighted by atomic mass is 10.2. The number of alkyl halides is 1. The maximum absolute atomic E-state index is 11.8. The summed E-state index contributed by atoms with van der Waals surface area (Å²) in [6, 6.07) is 6.39. The smallest absolute Gasteiger partial charge is 0.251 e. The van der Waals surface area contributed by atoms with E-state index in [1.165, 1.54) is 0 Å². The number of amides is 1. The number of carbonyl (C=O) groups is 1. The maximum Gasteiger partial charge on any atom is 0.251 e. The van der Waals surface area contributed by atoms with Crippen molar-refractivity contribution in [3.63, 3.8) is 0 Å². The quantitative estimate of drug-likeness (QED) is 0.567. The van der Waals surface area contributed by atoms with Gasteiger partial charge in [0.25, 0.3) is 5.91 Å². The van der Waals surface area contributed by atoms with Crippen LogP contribution >= 0.6 is 11.6 Å². The zero-order valence-corrected chi connectivity index (χ0v) is 13.8. The van der Waals surface area contributed by atoms with Crippen LogP contribution in [0.2, 0.25) is 0 Å². The van der Waals surface area contributed by atoms with Crippen LogP contribution in [0, 0.1) is 0 Å². The zero-order valence-electron chi connectivity index (χ0n) is 12.2. The van der Waals surface area contributed by atoms with Gasteiger partial charge in [0.1, 0.15) is 0 Å². The molecule has 7 heteroatoms. The second kappa shape index (κ2) is 8.24. The van der Waals surface area contributed by atoms with Crippen LogP contribution in [0.3, 0.4) is 0 Å². The van der Waals surface area contributed by atoms with E-state index in [1.807, 2.05) is 13.8 Å². The number of anilines is 1. The molecule has 1 rings (SSSR count). The summed E-state index contributed by atoms with van der Waals surface area (Å²) in [6.45, 7) is 3.75. The number of sulfonamides is 1. The fourth-order valence-electron chi connectivity index (χ4n) is 1.65. The van der Waals surface area contributed by atoms with Gasteiger partial charge in [-0.2, -0.15) is 0 Å². The number of unbranched alkanes of at least 4 members (excludes halogenated alkanes) is 1. The predicted molar refractivity (Wildman–Crippen MR) is 86.4 cm³/mol. The Hall–Kier alpha value is -1.27. The average Bonchev–Trinajstić information content (AvgIpc) is 2.38. The van der Waals surface area contributed by atoms with Crippen LogP contribution in [0.25, 0.3) is 0 Å². The molecule has 0 aromatic heterocycles. The van der Waals surface area contributed by atoms with Crippen LogP contribution in [-0.4, -0.2) is 32.0 Å². The number of halogens is 1. The van der Waals surface area contributed by atoms with Gasteiger partial charge < -0.3 is 5.32 Å². The first kappa shape index (κ1) is 17.8. The monoisotopic (exact) mass is 332 g/mol. The van der Waals surface area contributed by atoms with E-state index in [9.17, 15) is 13.2 Å². The molecule has 0 aliphatic rings. The van der Waals surface area contributed by atoms with Gasteiger partial charge in [0.2, 0.25) is 10.0 Å². The van der Waals surface area contributed by atoms with Gasteiger partial charge in [-0.25, -0.2) is 8.42 Å². The van der Waals surface area contributed by atoms with E-state index < -0.39 is 10.0 Å². The van der Waals surface area contributed by atoms with Crippen molar-refractivity contribution in [2.45, 2.75) is 32.7 Å². The number of rotatable bonds is 8. The molecule has 0 saturated heterocycles. The first-order valence-corrected chi connectivity index (χ1v) is 9.00. The van der Waals surface area contributed by atoms with Crippen molar-refractivity contribution in [3.8, 4) is 0 Å². The van der Waals surface area contributed by atoms with E-state index in [-0.39, 0.29) is 17.7 Å². The highest BCUT2D eigenvalue weighted by Crippen LogP contribution is 2.12. The van der Waals surface area contributed by atoms with E-state index in [0.717, 1.165) is 0 Å². The van der Waals surface area contributed by atoms with Crippen molar-refractivity contribution in [1.29, 1.82) is 0 Å². The topological polar surface area (TPSA) is 75.3 Å². The highest BCUT2D eigenvalue weighted by atomic mass is 35.5. The number of carbonyl (C=O) groups excluding carboxylic acids is 1. The molecule has 0 fully saturated rings. The minimum Gasteiger partial charge on any atom is -0.350 e. The van der Waals surface area contributed by atoms with Crippen LogP contribution in [0.4, 0.5) is 5.69 Å². The summed E-state index contributed by atoms with van der Waals surface area (Å²) in [6.07, 6.45) is 1.19. The maximum atomic E-state index is 11.8. The fraction of sp³-hybridized carbons (Fsp3) is 0.500. The molecule has 0 aliphatic heterocycles. The Bertz CT molecular complexity index is 556. The fourth-order valence-corrected chi connectivity index (χ4v) is 3.02. The average molecular weight is 333 g/mol. The largest absolute Gasteiger partial charge is 0.350 e. The molecule has 1 aromatic carbocycles. The third-order valence-corrected chi connectivity index (χ3v) is 4.28. The summed E-state index contributed by atoms with van der Waals surface area (Å²) in [5, 5.41) is 2.77. The third kappa shape index (κ3) is 6.82. The van der Waals surface area contributed by atoms with Crippen molar-refractivity contribution in [2.24, 2.45) is 0 Å².